The number of hydrogen-bond acceptors (Lipinski definition) is 2. The van der Waals surface area contributed by atoms with E-state index in [0.29, 0.717) is 0 Å². The van der Waals surface area contributed by atoms with Crippen LogP contribution in [0.4, 0.5) is 0 Å². The van der Waals surface area contributed by atoms with E-state index in [9.17, 15) is 4.79 Å². The van der Waals surface area contributed by atoms with Gasteiger partial charge in [-0.05, 0) is 41.2 Å². The van der Waals surface area contributed by atoms with Gasteiger partial charge in [-0.1, -0.05) is 60.2 Å². The van der Waals surface area contributed by atoms with E-state index in [4.69, 9.17) is 0 Å². The van der Waals surface area contributed by atoms with E-state index in [1.54, 1.807) is 6.33 Å². The summed E-state index contributed by atoms with van der Waals surface area (Å²) in [6.07, 6.45) is 3.65. The Labute approximate surface area is 175 Å². The highest BCUT2D eigenvalue weighted by Crippen LogP contribution is 2.21. The number of aryl methyl sites for hydroxylation is 2. The van der Waals surface area contributed by atoms with E-state index in [1.807, 2.05) is 59.3 Å². The molecule has 0 aliphatic heterocycles. The number of halogens is 1. The summed E-state index contributed by atoms with van der Waals surface area (Å²) in [5.41, 5.74) is 5.20. The third kappa shape index (κ3) is 4.18. The van der Waals surface area contributed by atoms with Gasteiger partial charge >= 0.3 is 0 Å². The Morgan fingerprint density at radius 2 is 1.71 bits per heavy atom. The van der Waals surface area contributed by atoms with E-state index in [0.717, 1.165) is 27.6 Å². The number of aromatic nitrogens is 2. The molecule has 0 amide bonds. The Kier molecular flexibility index (Phi) is 6.00. The monoisotopic (exact) mass is 432 g/mol. The van der Waals surface area contributed by atoms with Crippen molar-refractivity contribution in [3.05, 3.63) is 95.9 Å². The minimum atomic E-state index is 0. The lowest BCUT2D eigenvalue weighted by Crippen LogP contribution is -3.00. The molecule has 4 aromatic rings. The van der Waals surface area contributed by atoms with Crippen molar-refractivity contribution in [2.24, 2.45) is 0 Å². The minimum absolute atomic E-state index is 0. The quantitative estimate of drug-likeness (QED) is 0.363. The van der Waals surface area contributed by atoms with Crippen molar-refractivity contribution >= 4 is 16.6 Å². The molecule has 28 heavy (non-hydrogen) atoms. The number of Topliss-reactive ketones (excluding diaryl/α,β-unsaturated/α-hetero) is 1. The summed E-state index contributed by atoms with van der Waals surface area (Å²) in [4.78, 5) is 17.2. The van der Waals surface area contributed by atoms with Gasteiger partial charge in [0.2, 0.25) is 5.78 Å². The van der Waals surface area contributed by atoms with Crippen molar-refractivity contribution in [3.63, 3.8) is 0 Å². The molecule has 0 saturated carbocycles. The second-order valence-electron chi connectivity index (χ2n) is 6.92. The third-order valence-electron chi connectivity index (χ3n) is 4.82. The molecule has 0 bridgehead atoms. The predicted molar refractivity (Wildman–Crippen MR) is 108 cm³/mol. The first kappa shape index (κ1) is 19.9. The molecule has 0 N–H and O–H groups in total. The molecular weight excluding hydrogens is 412 g/mol. The molecule has 0 spiro atoms. The number of carbonyl (C=O) groups is 1. The van der Waals surface area contributed by atoms with Crippen LogP contribution in [0.25, 0.3) is 22.0 Å². The van der Waals surface area contributed by atoms with Crippen LogP contribution in [0.15, 0.2) is 79.3 Å². The van der Waals surface area contributed by atoms with E-state index >= 15 is 0 Å². The molecule has 0 aliphatic rings. The molecule has 1 heterocycles. The summed E-state index contributed by atoms with van der Waals surface area (Å²) in [6, 6.07) is 22.2. The van der Waals surface area contributed by atoms with Crippen molar-refractivity contribution in [2.45, 2.75) is 20.4 Å². The Morgan fingerprint density at radius 1 is 0.929 bits per heavy atom. The van der Waals surface area contributed by atoms with E-state index in [2.05, 4.69) is 37.0 Å². The lowest BCUT2D eigenvalue weighted by Gasteiger charge is -2.04. The van der Waals surface area contributed by atoms with Crippen LogP contribution in [0.2, 0.25) is 0 Å². The first-order chi connectivity index (χ1) is 13.1. The lowest BCUT2D eigenvalue weighted by atomic mass is 10.0. The van der Waals surface area contributed by atoms with Crippen molar-refractivity contribution < 1.29 is 26.3 Å². The summed E-state index contributed by atoms with van der Waals surface area (Å²) in [5, 5.41) is 2.22. The van der Waals surface area contributed by atoms with Gasteiger partial charge in [0.1, 0.15) is 0 Å². The fraction of sp³-hybridized carbons (Fsp3) is 0.125. The number of rotatable bonds is 4. The minimum Gasteiger partial charge on any atom is -1.00 e. The number of carbonyl (C=O) groups excluding carboxylic acids is 1. The van der Waals surface area contributed by atoms with Crippen LogP contribution in [-0.2, 0) is 6.54 Å². The van der Waals surface area contributed by atoms with Gasteiger partial charge in [0.25, 0.3) is 6.33 Å². The third-order valence-corrected chi connectivity index (χ3v) is 4.82. The second-order valence-corrected chi connectivity index (χ2v) is 6.92. The average molecular weight is 433 g/mol. The Hall–Kier alpha value is -2.85. The number of nitrogens with zero attached hydrogens (tertiary/aromatic N) is 2. The molecule has 140 valence electrons. The second kappa shape index (κ2) is 8.44. The van der Waals surface area contributed by atoms with Crippen molar-refractivity contribution in [3.8, 4) is 11.3 Å². The summed E-state index contributed by atoms with van der Waals surface area (Å²) in [6.45, 7) is 4.45. The fourth-order valence-electron chi connectivity index (χ4n) is 3.36. The van der Waals surface area contributed by atoms with Gasteiger partial charge in [-0.3, -0.25) is 4.79 Å². The van der Waals surface area contributed by atoms with E-state index in [-0.39, 0.29) is 29.3 Å². The average Bonchev–Trinajstić information content (AvgIpc) is 2.68. The Balaban J connectivity index is 0.00000225. The first-order valence-electron chi connectivity index (χ1n) is 9.05. The molecule has 0 atom stereocenters. The van der Waals surface area contributed by atoms with Crippen LogP contribution >= 0.6 is 0 Å². The van der Waals surface area contributed by atoms with Gasteiger partial charge in [0.05, 0.1) is 6.20 Å². The normalized spacial score (nSPS) is 10.5. The van der Waals surface area contributed by atoms with Gasteiger partial charge in [0.15, 0.2) is 12.2 Å². The number of benzene rings is 3. The molecule has 1 aromatic heterocycles. The standard InChI is InChI=1S/C24H21N2O.BrH/c1-17-7-10-22(18(2)13-17)23-11-12-26(16-25-23)15-24(27)21-9-8-19-5-3-4-6-20(19)14-21;/h3-14,16H,15H2,1-2H3;1H/q+1;/p-1. The van der Waals surface area contributed by atoms with Crippen molar-refractivity contribution in [1.82, 2.24) is 4.98 Å². The van der Waals surface area contributed by atoms with Crippen molar-refractivity contribution in [1.29, 1.82) is 0 Å². The molecular formula is C24H21BrN2O. The summed E-state index contributed by atoms with van der Waals surface area (Å²) < 4.78 is 1.82. The topological polar surface area (TPSA) is 33.8 Å². The van der Waals surface area contributed by atoms with Gasteiger partial charge in [-0.25, -0.2) is 4.57 Å². The van der Waals surface area contributed by atoms with Gasteiger partial charge in [-0.2, -0.15) is 0 Å². The highest BCUT2D eigenvalue weighted by molar-refractivity contribution is 5.99. The molecule has 3 nitrogen and oxygen atoms in total. The van der Waals surface area contributed by atoms with Gasteiger partial charge in [-0.15, -0.1) is 0 Å². The maximum absolute atomic E-state index is 12.7. The maximum Gasteiger partial charge on any atom is 0.287 e. The van der Waals surface area contributed by atoms with Crippen LogP contribution in [0.3, 0.4) is 0 Å². The molecule has 4 heteroatoms. The van der Waals surface area contributed by atoms with Crippen LogP contribution in [0, 0.1) is 13.8 Å². The van der Waals surface area contributed by atoms with Crippen LogP contribution in [0.5, 0.6) is 0 Å². The summed E-state index contributed by atoms with van der Waals surface area (Å²) in [7, 11) is 0. The number of fused-ring (bicyclic) bond motifs is 1. The summed E-state index contributed by atoms with van der Waals surface area (Å²) >= 11 is 0. The number of ketones is 1. The molecule has 0 fully saturated rings. The van der Waals surface area contributed by atoms with Crippen LogP contribution < -0.4 is 21.5 Å². The molecule has 0 radical (unpaired) electrons. The zero-order valence-electron chi connectivity index (χ0n) is 15.9. The highest BCUT2D eigenvalue weighted by Gasteiger charge is 2.13. The van der Waals surface area contributed by atoms with Crippen LogP contribution in [-0.4, -0.2) is 10.8 Å². The van der Waals surface area contributed by atoms with Crippen LogP contribution in [0.1, 0.15) is 21.5 Å². The Morgan fingerprint density at radius 3 is 2.43 bits per heavy atom. The Bertz CT molecular complexity index is 1140. The smallest absolute Gasteiger partial charge is 0.287 e. The molecule has 3 aromatic carbocycles. The largest absolute Gasteiger partial charge is 1.00 e. The highest BCUT2D eigenvalue weighted by atomic mass is 79.9. The molecule has 4 rings (SSSR count). The van der Waals surface area contributed by atoms with E-state index in [1.165, 1.54) is 11.1 Å². The molecule has 0 saturated heterocycles. The zero-order chi connectivity index (χ0) is 18.8. The molecule has 0 unspecified atom stereocenters. The SMILES string of the molecule is Cc1ccc(-c2cc[n+](CC(=O)c3ccc4ccccc4c3)cn2)c(C)c1.[Br-]. The summed E-state index contributed by atoms with van der Waals surface area (Å²) in [5.74, 6) is 0.0758. The lowest BCUT2D eigenvalue weighted by molar-refractivity contribution is -0.686. The first-order valence-corrected chi connectivity index (χ1v) is 9.05. The zero-order valence-corrected chi connectivity index (χ0v) is 17.5. The van der Waals surface area contributed by atoms with E-state index < -0.39 is 0 Å². The number of hydrogen-bond donors (Lipinski definition) is 0. The van der Waals surface area contributed by atoms with Gasteiger partial charge in [0, 0.05) is 17.2 Å². The molecule has 0 aliphatic carbocycles. The fourth-order valence-corrected chi connectivity index (χ4v) is 3.36. The van der Waals surface area contributed by atoms with Gasteiger partial charge < -0.3 is 17.0 Å². The predicted octanol–water partition coefficient (Wildman–Crippen LogP) is 1.69. The maximum atomic E-state index is 12.7. The van der Waals surface area contributed by atoms with Crippen molar-refractivity contribution in [2.75, 3.05) is 0 Å².